The highest BCUT2D eigenvalue weighted by Crippen LogP contribution is 2.20. The van der Waals surface area contributed by atoms with Crippen LogP contribution in [0.5, 0.6) is 0 Å². The molecule has 0 spiro atoms. The van der Waals surface area contributed by atoms with E-state index in [9.17, 15) is 0 Å². The van der Waals surface area contributed by atoms with E-state index in [4.69, 9.17) is 4.74 Å². The summed E-state index contributed by atoms with van der Waals surface area (Å²) in [6, 6.07) is 8.76. The van der Waals surface area contributed by atoms with E-state index in [1.807, 2.05) is 0 Å². The van der Waals surface area contributed by atoms with Crippen LogP contribution < -0.4 is 10.2 Å². The van der Waals surface area contributed by atoms with E-state index in [-0.39, 0.29) is 0 Å². The molecule has 1 aromatic carbocycles. The monoisotopic (exact) mass is 264 g/mol. The summed E-state index contributed by atoms with van der Waals surface area (Å²) in [7, 11) is 3.87. The van der Waals surface area contributed by atoms with E-state index < -0.39 is 0 Å². The van der Waals surface area contributed by atoms with E-state index in [1.54, 1.807) is 7.11 Å². The Kier molecular flexibility index (Phi) is 6.32. The van der Waals surface area contributed by atoms with Gasteiger partial charge in [-0.25, -0.2) is 0 Å². The van der Waals surface area contributed by atoms with Crippen molar-refractivity contribution in [1.82, 2.24) is 5.32 Å². The fraction of sp³-hybridized carbons (Fsp3) is 0.625. The van der Waals surface area contributed by atoms with Crippen LogP contribution >= 0.6 is 0 Å². The summed E-state index contributed by atoms with van der Waals surface area (Å²) < 4.78 is 5.01. The molecule has 0 atom stereocenters. The Labute approximate surface area is 118 Å². The Hall–Kier alpha value is -1.06. The molecule has 0 fully saturated rings. The maximum absolute atomic E-state index is 5.01. The fourth-order valence-corrected chi connectivity index (χ4v) is 2.08. The zero-order valence-corrected chi connectivity index (χ0v) is 13.0. The maximum Gasteiger partial charge on any atom is 0.0587 e. The molecular weight excluding hydrogens is 236 g/mol. The van der Waals surface area contributed by atoms with Crippen LogP contribution in [0.25, 0.3) is 0 Å². The molecule has 0 radical (unpaired) electrons. The van der Waals surface area contributed by atoms with Gasteiger partial charge < -0.3 is 15.0 Å². The summed E-state index contributed by atoms with van der Waals surface area (Å²) in [5.74, 6) is 0. The highest BCUT2D eigenvalue weighted by Gasteiger charge is 2.13. The molecule has 108 valence electrons. The molecule has 19 heavy (non-hydrogen) atoms. The zero-order chi connectivity index (χ0) is 14.3. The van der Waals surface area contributed by atoms with Crippen LogP contribution in [0.1, 0.15) is 26.3 Å². The number of hydrogen-bond acceptors (Lipinski definition) is 3. The van der Waals surface area contributed by atoms with Crippen LogP contribution in [0.3, 0.4) is 0 Å². The molecule has 1 N–H and O–H groups in total. The molecule has 0 saturated heterocycles. The largest absolute Gasteiger partial charge is 0.383 e. The van der Waals surface area contributed by atoms with Crippen molar-refractivity contribution in [3.05, 3.63) is 29.8 Å². The SMILES string of the molecule is COCCNCc1ccc(N(C)CC(C)(C)C)cc1. The topological polar surface area (TPSA) is 24.5 Å². The van der Waals surface area contributed by atoms with Crippen molar-refractivity contribution in [1.29, 1.82) is 0 Å². The minimum Gasteiger partial charge on any atom is -0.383 e. The number of nitrogens with one attached hydrogen (secondary N) is 1. The van der Waals surface area contributed by atoms with Gasteiger partial charge in [0.05, 0.1) is 6.61 Å². The summed E-state index contributed by atoms with van der Waals surface area (Å²) in [5.41, 5.74) is 2.90. The van der Waals surface area contributed by atoms with Crippen LogP contribution in [0.4, 0.5) is 5.69 Å². The normalized spacial score (nSPS) is 11.6. The lowest BCUT2D eigenvalue weighted by atomic mass is 9.96. The molecule has 1 rings (SSSR count). The second kappa shape index (κ2) is 7.51. The Bertz CT molecular complexity index is 354. The average Bonchev–Trinajstić information content (AvgIpc) is 2.33. The van der Waals surface area contributed by atoms with Crippen LogP contribution in [0.15, 0.2) is 24.3 Å². The van der Waals surface area contributed by atoms with Gasteiger partial charge in [-0.3, -0.25) is 0 Å². The molecule has 3 heteroatoms. The maximum atomic E-state index is 5.01. The number of hydrogen-bond donors (Lipinski definition) is 1. The summed E-state index contributed by atoms with van der Waals surface area (Å²) in [6.45, 7) is 10.4. The van der Waals surface area contributed by atoms with Crippen molar-refractivity contribution in [3.63, 3.8) is 0 Å². The predicted molar refractivity (Wildman–Crippen MR) is 82.7 cm³/mol. The van der Waals surface area contributed by atoms with E-state index in [2.05, 4.69) is 62.3 Å². The van der Waals surface area contributed by atoms with Gasteiger partial charge in [-0.15, -0.1) is 0 Å². The number of nitrogens with zero attached hydrogens (tertiary/aromatic N) is 1. The number of benzene rings is 1. The third-order valence-electron chi connectivity index (χ3n) is 2.90. The third kappa shape index (κ3) is 6.60. The first kappa shape index (κ1) is 16.0. The average molecular weight is 264 g/mol. The second-order valence-electron chi connectivity index (χ2n) is 6.25. The Morgan fingerprint density at radius 2 is 1.79 bits per heavy atom. The van der Waals surface area contributed by atoms with Gasteiger partial charge in [0.25, 0.3) is 0 Å². The van der Waals surface area contributed by atoms with Gasteiger partial charge in [-0.1, -0.05) is 32.9 Å². The first-order valence-electron chi connectivity index (χ1n) is 6.92. The van der Waals surface area contributed by atoms with Gasteiger partial charge in [-0.05, 0) is 23.1 Å². The molecule has 0 unspecified atom stereocenters. The smallest absolute Gasteiger partial charge is 0.0587 e. The molecule has 0 amide bonds. The molecular formula is C16H28N2O. The van der Waals surface area contributed by atoms with Gasteiger partial charge in [-0.2, -0.15) is 0 Å². The predicted octanol–water partition coefficient (Wildman–Crippen LogP) is 2.90. The van der Waals surface area contributed by atoms with E-state index in [0.717, 1.165) is 26.2 Å². The standard InChI is InChI=1S/C16H28N2O/c1-16(2,3)13-18(4)15-8-6-14(7-9-15)12-17-10-11-19-5/h6-9,17H,10-13H2,1-5H3. The Morgan fingerprint density at radius 3 is 2.32 bits per heavy atom. The van der Waals surface area contributed by atoms with Crippen molar-refractivity contribution < 1.29 is 4.74 Å². The molecule has 0 bridgehead atoms. The summed E-state index contributed by atoms with van der Waals surface area (Å²) in [6.07, 6.45) is 0. The van der Waals surface area contributed by atoms with Crippen LogP contribution in [0, 0.1) is 5.41 Å². The molecule has 0 heterocycles. The highest BCUT2D eigenvalue weighted by molar-refractivity contribution is 5.47. The van der Waals surface area contributed by atoms with Gasteiger partial charge in [0, 0.05) is 39.5 Å². The van der Waals surface area contributed by atoms with Crippen molar-refractivity contribution in [2.75, 3.05) is 38.8 Å². The minimum absolute atomic E-state index is 0.315. The van der Waals surface area contributed by atoms with E-state index in [1.165, 1.54) is 11.3 Å². The molecule has 0 aliphatic rings. The number of anilines is 1. The van der Waals surface area contributed by atoms with Gasteiger partial charge in [0.2, 0.25) is 0 Å². The molecule has 0 aromatic heterocycles. The minimum atomic E-state index is 0.315. The van der Waals surface area contributed by atoms with E-state index >= 15 is 0 Å². The van der Waals surface area contributed by atoms with Crippen molar-refractivity contribution in [2.24, 2.45) is 5.41 Å². The summed E-state index contributed by atoms with van der Waals surface area (Å²) in [5, 5.41) is 3.35. The third-order valence-corrected chi connectivity index (χ3v) is 2.90. The second-order valence-corrected chi connectivity index (χ2v) is 6.25. The van der Waals surface area contributed by atoms with Gasteiger partial charge >= 0.3 is 0 Å². The highest BCUT2D eigenvalue weighted by atomic mass is 16.5. The lowest BCUT2D eigenvalue weighted by Gasteiger charge is -2.28. The molecule has 0 saturated carbocycles. The van der Waals surface area contributed by atoms with Crippen LogP contribution in [-0.2, 0) is 11.3 Å². The van der Waals surface area contributed by atoms with Crippen molar-refractivity contribution in [2.45, 2.75) is 27.3 Å². The van der Waals surface area contributed by atoms with Crippen molar-refractivity contribution >= 4 is 5.69 Å². The molecule has 3 nitrogen and oxygen atoms in total. The first-order chi connectivity index (χ1) is 8.92. The van der Waals surface area contributed by atoms with E-state index in [0.29, 0.717) is 5.41 Å². The zero-order valence-electron chi connectivity index (χ0n) is 13.0. The van der Waals surface area contributed by atoms with Crippen molar-refractivity contribution in [3.8, 4) is 0 Å². The number of methoxy groups -OCH3 is 1. The van der Waals surface area contributed by atoms with Gasteiger partial charge in [0.15, 0.2) is 0 Å². The fourth-order valence-electron chi connectivity index (χ4n) is 2.08. The van der Waals surface area contributed by atoms with Gasteiger partial charge in [0.1, 0.15) is 0 Å². The number of ether oxygens (including phenoxy) is 1. The van der Waals surface area contributed by atoms with Crippen LogP contribution in [0.2, 0.25) is 0 Å². The molecule has 1 aromatic rings. The lowest BCUT2D eigenvalue weighted by molar-refractivity contribution is 0.199. The first-order valence-corrected chi connectivity index (χ1v) is 6.92. The molecule has 0 aliphatic heterocycles. The lowest BCUT2D eigenvalue weighted by Crippen LogP contribution is -2.29. The quantitative estimate of drug-likeness (QED) is 0.766. The Morgan fingerprint density at radius 1 is 1.16 bits per heavy atom. The summed E-state index contributed by atoms with van der Waals surface area (Å²) >= 11 is 0. The molecule has 0 aliphatic carbocycles. The number of rotatable bonds is 7. The van der Waals surface area contributed by atoms with Crippen LogP contribution in [-0.4, -0.2) is 33.9 Å². The Balaban J connectivity index is 2.47. The summed E-state index contributed by atoms with van der Waals surface area (Å²) in [4.78, 5) is 2.31.